The molecular formula is C7H18N2O. The quantitative estimate of drug-likeness (QED) is 0.499. The zero-order valence-corrected chi connectivity index (χ0v) is 6.85. The topological polar surface area (TPSA) is 58.3 Å². The highest BCUT2D eigenvalue weighted by Crippen LogP contribution is 2.09. The molecule has 62 valence electrons. The minimum atomic E-state index is -0.140. The molecule has 0 fully saturated rings. The lowest BCUT2D eigenvalue weighted by Crippen LogP contribution is -2.43. The summed E-state index contributed by atoms with van der Waals surface area (Å²) in [6, 6.07) is 0. The molecule has 0 saturated heterocycles. The zero-order chi connectivity index (χ0) is 8.04. The van der Waals surface area contributed by atoms with Crippen LogP contribution in [0.25, 0.3) is 0 Å². The van der Waals surface area contributed by atoms with E-state index in [1.807, 2.05) is 14.0 Å². The van der Waals surface area contributed by atoms with Crippen molar-refractivity contribution >= 4 is 0 Å². The van der Waals surface area contributed by atoms with Gasteiger partial charge in [-0.15, -0.1) is 0 Å². The average Bonchev–Trinajstić information content (AvgIpc) is 2.00. The van der Waals surface area contributed by atoms with Gasteiger partial charge in [0.25, 0.3) is 0 Å². The molecule has 0 saturated carbocycles. The molecule has 0 aromatic heterocycles. The van der Waals surface area contributed by atoms with Crippen molar-refractivity contribution in [3.8, 4) is 0 Å². The van der Waals surface area contributed by atoms with Gasteiger partial charge in [-0.2, -0.15) is 0 Å². The van der Waals surface area contributed by atoms with Gasteiger partial charge in [0.15, 0.2) is 0 Å². The molecule has 10 heavy (non-hydrogen) atoms. The molecule has 0 heterocycles. The summed E-state index contributed by atoms with van der Waals surface area (Å²) in [6.07, 6.45) is 1.88. The standard InChI is InChI=1S/C7H18N2O/c1-7(6-10,9-2)4-3-5-8/h9-10H,3-6,8H2,1-2H3. The minimum Gasteiger partial charge on any atom is -0.394 e. The van der Waals surface area contributed by atoms with E-state index in [1.54, 1.807) is 0 Å². The van der Waals surface area contributed by atoms with Gasteiger partial charge < -0.3 is 16.2 Å². The Bertz CT molecular complexity index is 81.7. The molecule has 1 unspecified atom stereocenters. The molecule has 0 aliphatic heterocycles. The van der Waals surface area contributed by atoms with E-state index in [0.29, 0.717) is 6.54 Å². The van der Waals surface area contributed by atoms with E-state index in [2.05, 4.69) is 5.32 Å². The molecule has 3 heteroatoms. The summed E-state index contributed by atoms with van der Waals surface area (Å²) in [6.45, 7) is 2.85. The van der Waals surface area contributed by atoms with Crippen LogP contribution in [0.5, 0.6) is 0 Å². The lowest BCUT2D eigenvalue weighted by atomic mass is 9.97. The molecule has 0 radical (unpaired) electrons. The van der Waals surface area contributed by atoms with Crippen molar-refractivity contribution in [2.75, 3.05) is 20.2 Å². The van der Waals surface area contributed by atoms with Crippen LogP contribution in [0.2, 0.25) is 0 Å². The number of nitrogens with two attached hydrogens (primary N) is 1. The number of aliphatic hydroxyl groups is 1. The third kappa shape index (κ3) is 3.15. The van der Waals surface area contributed by atoms with E-state index in [9.17, 15) is 0 Å². The predicted octanol–water partition coefficient (Wildman–Crippen LogP) is -0.304. The largest absolute Gasteiger partial charge is 0.394 e. The third-order valence-electron chi connectivity index (χ3n) is 1.89. The smallest absolute Gasteiger partial charge is 0.0610 e. The van der Waals surface area contributed by atoms with E-state index in [1.165, 1.54) is 0 Å². The normalized spacial score (nSPS) is 16.8. The van der Waals surface area contributed by atoms with Crippen molar-refractivity contribution in [1.82, 2.24) is 5.32 Å². The molecule has 3 nitrogen and oxygen atoms in total. The van der Waals surface area contributed by atoms with Crippen LogP contribution in [0.4, 0.5) is 0 Å². The second-order valence-corrected chi connectivity index (χ2v) is 2.86. The first kappa shape index (κ1) is 9.88. The maximum atomic E-state index is 8.91. The number of hydrogen-bond donors (Lipinski definition) is 3. The second kappa shape index (κ2) is 4.66. The highest BCUT2D eigenvalue weighted by atomic mass is 16.3. The van der Waals surface area contributed by atoms with Crippen molar-refractivity contribution in [1.29, 1.82) is 0 Å². The number of rotatable bonds is 5. The summed E-state index contributed by atoms with van der Waals surface area (Å²) < 4.78 is 0. The van der Waals surface area contributed by atoms with Crippen LogP contribution in [0, 0.1) is 0 Å². The zero-order valence-electron chi connectivity index (χ0n) is 6.85. The van der Waals surface area contributed by atoms with Gasteiger partial charge in [0.1, 0.15) is 0 Å². The van der Waals surface area contributed by atoms with Gasteiger partial charge in [-0.3, -0.25) is 0 Å². The number of likely N-dealkylation sites (N-methyl/N-ethyl adjacent to an activating group) is 1. The molecule has 0 spiro atoms. The fraction of sp³-hybridized carbons (Fsp3) is 1.00. The summed E-state index contributed by atoms with van der Waals surface area (Å²) in [5, 5.41) is 12.0. The van der Waals surface area contributed by atoms with Crippen molar-refractivity contribution in [3.63, 3.8) is 0 Å². The van der Waals surface area contributed by atoms with E-state index in [-0.39, 0.29) is 12.1 Å². The molecule has 0 bridgehead atoms. The molecule has 0 amide bonds. The number of aliphatic hydroxyl groups excluding tert-OH is 1. The molecule has 0 rings (SSSR count). The minimum absolute atomic E-state index is 0.140. The van der Waals surface area contributed by atoms with E-state index >= 15 is 0 Å². The summed E-state index contributed by atoms with van der Waals surface area (Å²) >= 11 is 0. The summed E-state index contributed by atoms with van der Waals surface area (Å²) in [5.41, 5.74) is 5.20. The molecule has 4 N–H and O–H groups in total. The number of hydrogen-bond acceptors (Lipinski definition) is 3. The van der Waals surface area contributed by atoms with Crippen molar-refractivity contribution in [3.05, 3.63) is 0 Å². The van der Waals surface area contributed by atoms with E-state index in [0.717, 1.165) is 12.8 Å². The SMILES string of the molecule is CNC(C)(CO)CCCN. The molecule has 0 aliphatic carbocycles. The first-order valence-corrected chi connectivity index (χ1v) is 3.68. The Kier molecular flexibility index (Phi) is 4.60. The summed E-state index contributed by atoms with van der Waals surface area (Å²) in [4.78, 5) is 0. The van der Waals surface area contributed by atoms with Crippen LogP contribution in [0.1, 0.15) is 19.8 Å². The highest BCUT2D eigenvalue weighted by Gasteiger charge is 2.18. The van der Waals surface area contributed by atoms with E-state index < -0.39 is 0 Å². The molecule has 0 aliphatic rings. The van der Waals surface area contributed by atoms with Crippen LogP contribution in [0.15, 0.2) is 0 Å². The molecule has 1 atom stereocenters. The van der Waals surface area contributed by atoms with Gasteiger partial charge in [0.05, 0.1) is 6.61 Å². The fourth-order valence-corrected chi connectivity index (χ4v) is 0.775. The first-order valence-electron chi connectivity index (χ1n) is 3.68. The van der Waals surface area contributed by atoms with Gasteiger partial charge in [-0.25, -0.2) is 0 Å². The maximum absolute atomic E-state index is 8.91. The van der Waals surface area contributed by atoms with Crippen LogP contribution >= 0.6 is 0 Å². The Morgan fingerprint density at radius 2 is 2.20 bits per heavy atom. The summed E-state index contributed by atoms with van der Waals surface area (Å²) in [7, 11) is 1.85. The van der Waals surface area contributed by atoms with Crippen LogP contribution in [-0.4, -0.2) is 30.8 Å². The van der Waals surface area contributed by atoms with Gasteiger partial charge in [0.2, 0.25) is 0 Å². The van der Waals surface area contributed by atoms with Crippen LogP contribution in [0.3, 0.4) is 0 Å². The van der Waals surface area contributed by atoms with Gasteiger partial charge in [0, 0.05) is 5.54 Å². The average molecular weight is 146 g/mol. The maximum Gasteiger partial charge on any atom is 0.0610 e. The van der Waals surface area contributed by atoms with E-state index in [4.69, 9.17) is 10.8 Å². The van der Waals surface area contributed by atoms with Gasteiger partial charge in [-0.05, 0) is 33.4 Å². The number of nitrogens with one attached hydrogen (secondary N) is 1. The first-order chi connectivity index (χ1) is 4.68. The van der Waals surface area contributed by atoms with Crippen molar-refractivity contribution < 1.29 is 5.11 Å². The van der Waals surface area contributed by atoms with Crippen LogP contribution < -0.4 is 11.1 Å². The summed E-state index contributed by atoms with van der Waals surface area (Å²) in [5.74, 6) is 0. The second-order valence-electron chi connectivity index (χ2n) is 2.86. The van der Waals surface area contributed by atoms with Gasteiger partial charge >= 0.3 is 0 Å². The Morgan fingerprint density at radius 3 is 2.50 bits per heavy atom. The Morgan fingerprint density at radius 1 is 1.60 bits per heavy atom. The molecular weight excluding hydrogens is 128 g/mol. The molecule has 0 aromatic carbocycles. The Hall–Kier alpha value is -0.120. The Labute approximate surface area is 62.6 Å². The predicted molar refractivity (Wildman–Crippen MR) is 42.8 cm³/mol. The Balaban J connectivity index is 3.58. The third-order valence-corrected chi connectivity index (χ3v) is 1.89. The van der Waals surface area contributed by atoms with Crippen molar-refractivity contribution in [2.24, 2.45) is 5.73 Å². The van der Waals surface area contributed by atoms with Crippen molar-refractivity contribution in [2.45, 2.75) is 25.3 Å². The lowest BCUT2D eigenvalue weighted by molar-refractivity contribution is 0.172. The monoisotopic (exact) mass is 146 g/mol. The fourth-order valence-electron chi connectivity index (χ4n) is 0.775. The van der Waals surface area contributed by atoms with Gasteiger partial charge in [-0.1, -0.05) is 0 Å². The molecule has 0 aromatic rings. The lowest BCUT2D eigenvalue weighted by Gasteiger charge is -2.26. The van der Waals surface area contributed by atoms with Crippen LogP contribution in [-0.2, 0) is 0 Å². The highest BCUT2D eigenvalue weighted by molar-refractivity contribution is 4.79.